The second-order valence-corrected chi connectivity index (χ2v) is 20.7. The fraction of sp³-hybridized carbons (Fsp3) is 0.244. The van der Waals surface area contributed by atoms with Crippen molar-refractivity contribution in [3.8, 4) is 33.6 Å². The maximum Gasteiger partial charge on any atom is 0.0798 e. The van der Waals surface area contributed by atoms with Crippen LogP contribution < -0.4 is 5.19 Å². The van der Waals surface area contributed by atoms with Crippen molar-refractivity contribution in [2.75, 3.05) is 0 Å². The Hall–Kier alpha value is -3.73. The van der Waals surface area contributed by atoms with Gasteiger partial charge in [-0.3, -0.25) is 0 Å². The van der Waals surface area contributed by atoms with Gasteiger partial charge >= 0.3 is 0 Å². The molecule has 0 aliphatic heterocycles. The molecule has 255 valence electrons. The number of nitrogens with zero attached hydrogens (tertiary/aromatic N) is 2. The molecule has 0 spiro atoms. The second-order valence-electron chi connectivity index (χ2n) is 14.6. The monoisotopic (exact) mass is 865 g/mol. The van der Waals surface area contributed by atoms with E-state index in [9.17, 15) is 0 Å². The molecule has 0 fully saturated rings. The van der Waals surface area contributed by atoms with Crippen molar-refractivity contribution >= 4 is 44.8 Å². The van der Waals surface area contributed by atoms with Crippen molar-refractivity contribution in [3.63, 3.8) is 0 Å². The fourth-order valence-corrected chi connectivity index (χ4v) is 9.92. The largest absolute Gasteiger partial charge is 0.305 e. The summed E-state index contributed by atoms with van der Waals surface area (Å²) in [7, 11) is -1.34. The van der Waals surface area contributed by atoms with Gasteiger partial charge in [0.15, 0.2) is 0 Å². The summed E-state index contributed by atoms with van der Waals surface area (Å²) >= 11 is 1.87. The van der Waals surface area contributed by atoms with Gasteiger partial charge in [0, 0.05) is 37.2 Å². The van der Waals surface area contributed by atoms with Gasteiger partial charge in [0.2, 0.25) is 0 Å². The first kappa shape index (κ1) is 36.1. The zero-order valence-corrected chi connectivity index (χ0v) is 33.9. The van der Waals surface area contributed by atoms with Crippen LogP contribution >= 0.6 is 11.3 Å². The zero-order valence-electron chi connectivity index (χ0n) is 29.6. The Balaban J connectivity index is 0.000000182. The number of rotatable bonds is 6. The predicted molar refractivity (Wildman–Crippen MR) is 214 cm³/mol. The molecule has 50 heavy (non-hydrogen) atoms. The van der Waals surface area contributed by atoms with Crippen molar-refractivity contribution < 1.29 is 20.1 Å². The van der Waals surface area contributed by atoms with Crippen LogP contribution in [0.15, 0.2) is 109 Å². The first-order valence-corrected chi connectivity index (χ1v) is 21.9. The van der Waals surface area contributed by atoms with Crippen LogP contribution in [0.3, 0.4) is 0 Å². The smallest absolute Gasteiger partial charge is 0.0798 e. The minimum atomic E-state index is -1.34. The summed E-state index contributed by atoms with van der Waals surface area (Å²) in [5, 5.41) is 4.13. The van der Waals surface area contributed by atoms with Crippen LogP contribution in [0, 0.1) is 18.1 Å². The zero-order chi connectivity index (χ0) is 34.0. The molecule has 2 nitrogen and oxygen atoms in total. The van der Waals surface area contributed by atoms with Gasteiger partial charge in [0.05, 0.1) is 8.07 Å². The minimum Gasteiger partial charge on any atom is -0.305 e. The Kier molecular flexibility index (Phi) is 11.3. The number of fused-ring (bicyclic) bond motifs is 4. The average molecular weight is 865 g/mol. The molecular weight excluding hydrogens is 821 g/mol. The van der Waals surface area contributed by atoms with Crippen LogP contribution in [-0.2, 0) is 39.4 Å². The molecule has 1 radical (unpaired) electrons. The van der Waals surface area contributed by atoms with Crippen LogP contribution in [0.4, 0.5) is 0 Å². The Morgan fingerprint density at radius 3 is 2.34 bits per heavy atom. The topological polar surface area (TPSA) is 25.8 Å². The summed E-state index contributed by atoms with van der Waals surface area (Å²) in [6, 6.07) is 41.1. The third-order valence-corrected chi connectivity index (χ3v) is 12.7. The third-order valence-electron chi connectivity index (χ3n) is 9.46. The van der Waals surface area contributed by atoms with Crippen molar-refractivity contribution in [1.82, 2.24) is 9.97 Å². The molecule has 7 aromatic rings. The maximum atomic E-state index is 4.82. The summed E-state index contributed by atoms with van der Waals surface area (Å²) in [4.78, 5) is 9.51. The molecule has 1 aliphatic carbocycles. The van der Waals surface area contributed by atoms with Gasteiger partial charge in [-0.25, -0.2) is 0 Å². The van der Waals surface area contributed by atoms with Gasteiger partial charge in [0.1, 0.15) is 0 Å². The van der Waals surface area contributed by atoms with E-state index in [0.29, 0.717) is 5.92 Å². The molecule has 0 atom stereocenters. The van der Waals surface area contributed by atoms with Gasteiger partial charge in [-0.15, -0.1) is 59.7 Å². The van der Waals surface area contributed by atoms with Crippen LogP contribution in [0.25, 0.3) is 53.8 Å². The molecule has 0 amide bonds. The average Bonchev–Trinajstić information content (AvgIpc) is 3.50. The van der Waals surface area contributed by atoms with Gasteiger partial charge in [-0.1, -0.05) is 104 Å². The fourth-order valence-electron chi connectivity index (χ4n) is 7.09. The normalized spacial score (nSPS) is 12.7. The molecule has 0 saturated heterocycles. The number of hydrogen-bond donors (Lipinski definition) is 0. The molecule has 5 heteroatoms. The van der Waals surface area contributed by atoms with Gasteiger partial charge < -0.3 is 9.97 Å². The molecular formula is C45H44IrN2SSi-2. The van der Waals surface area contributed by atoms with Crippen LogP contribution in [0.2, 0.25) is 19.6 Å². The van der Waals surface area contributed by atoms with E-state index < -0.39 is 8.07 Å². The number of aryl methyl sites for hydroxylation is 1. The van der Waals surface area contributed by atoms with Crippen molar-refractivity contribution in [3.05, 3.63) is 138 Å². The number of thiophene rings is 1. The molecule has 1 aliphatic rings. The van der Waals surface area contributed by atoms with Crippen molar-refractivity contribution in [2.24, 2.45) is 5.92 Å². The molecule has 0 bridgehead atoms. The van der Waals surface area contributed by atoms with E-state index in [1.165, 1.54) is 78.0 Å². The maximum absolute atomic E-state index is 4.82. The van der Waals surface area contributed by atoms with Crippen molar-refractivity contribution in [2.45, 2.75) is 65.6 Å². The summed E-state index contributed by atoms with van der Waals surface area (Å²) in [6.07, 6.45) is 10.1. The van der Waals surface area contributed by atoms with E-state index in [0.717, 1.165) is 29.8 Å². The van der Waals surface area contributed by atoms with Gasteiger partial charge in [-0.2, -0.15) is 11.3 Å². The second kappa shape index (κ2) is 15.7. The molecule has 3 heterocycles. The Morgan fingerprint density at radius 2 is 1.58 bits per heavy atom. The van der Waals surface area contributed by atoms with E-state index in [2.05, 4.69) is 136 Å². The first-order valence-electron chi connectivity index (χ1n) is 17.6. The Labute approximate surface area is 316 Å². The van der Waals surface area contributed by atoms with Crippen LogP contribution in [0.5, 0.6) is 0 Å². The molecule has 0 saturated carbocycles. The molecule has 4 aromatic carbocycles. The van der Waals surface area contributed by atoms with E-state index in [1.54, 1.807) is 0 Å². The predicted octanol–water partition coefficient (Wildman–Crippen LogP) is 11.8. The van der Waals surface area contributed by atoms with E-state index >= 15 is 0 Å². The number of pyridine rings is 2. The number of hydrogen-bond acceptors (Lipinski definition) is 3. The standard InChI is InChI=1S/C27H20NS.C18H24NSi.Ir/c1-2-7-18(8-3-1)20-13-14-22-23-11-6-12-24(27(23)29-25(22)17-20)26-21-10-5-4-9-19(21)15-16-28-26;1-14(2)11-16-12-17(15-9-7-6-8-10-15)19-13-18(16)20(3,4)5;/h1-3,6-8,11,13-17H,4-5,9-10H2;6-9,12-14H,11H2,1-5H3;/q2*-1;. The Morgan fingerprint density at radius 1 is 0.780 bits per heavy atom. The van der Waals surface area contributed by atoms with Crippen LogP contribution in [0.1, 0.15) is 43.4 Å². The molecule has 8 rings (SSSR count). The SMILES string of the molecule is CC(C)Cc1cc(-c2[c-]cccc2)ncc1[Si](C)(C)C.[Ir].[c-]1ccc2c(sc3cc(-c4ccccc4)ccc32)c1-c1nccc2c1CCCC2. The molecule has 3 aromatic heterocycles. The summed E-state index contributed by atoms with van der Waals surface area (Å²) in [6.45, 7) is 11.7. The number of aromatic nitrogens is 2. The van der Waals surface area contributed by atoms with E-state index in [4.69, 9.17) is 4.98 Å². The minimum absolute atomic E-state index is 0. The first-order chi connectivity index (χ1) is 23.8. The summed E-state index contributed by atoms with van der Waals surface area (Å²) < 4.78 is 2.63. The molecule has 0 N–H and O–H groups in total. The van der Waals surface area contributed by atoms with Gasteiger partial charge in [-0.05, 0) is 87.9 Å². The van der Waals surface area contributed by atoms with Crippen LogP contribution in [-0.4, -0.2) is 18.0 Å². The summed E-state index contributed by atoms with van der Waals surface area (Å²) in [5.74, 6) is 0.667. The summed E-state index contributed by atoms with van der Waals surface area (Å²) in [5.41, 5.74) is 11.3. The van der Waals surface area contributed by atoms with Crippen molar-refractivity contribution in [1.29, 1.82) is 0 Å². The number of benzene rings is 4. The van der Waals surface area contributed by atoms with E-state index in [1.807, 2.05) is 35.7 Å². The molecule has 0 unspecified atom stereocenters. The quantitative estimate of drug-likeness (QED) is 0.123. The Bertz CT molecular complexity index is 2220. The van der Waals surface area contributed by atoms with E-state index in [-0.39, 0.29) is 20.1 Å². The third kappa shape index (κ3) is 7.77. The van der Waals surface area contributed by atoms with Gasteiger partial charge in [0.25, 0.3) is 0 Å².